The zero-order valence-electron chi connectivity index (χ0n) is 15.6. The molecule has 1 amide bonds. The van der Waals surface area contributed by atoms with E-state index in [0.717, 1.165) is 0 Å². The van der Waals surface area contributed by atoms with Gasteiger partial charge in [0.15, 0.2) is 6.29 Å². The van der Waals surface area contributed by atoms with E-state index in [4.69, 9.17) is 29.4 Å². The summed E-state index contributed by atoms with van der Waals surface area (Å²) < 4.78 is 26.7. The largest absolute Gasteiger partial charge is 0.394 e. The van der Waals surface area contributed by atoms with Gasteiger partial charge in [0.25, 0.3) is 0 Å². The van der Waals surface area contributed by atoms with Gasteiger partial charge in [-0.1, -0.05) is 0 Å². The summed E-state index contributed by atoms with van der Waals surface area (Å²) in [6.45, 7) is 3.82. The molecule has 0 aromatic carbocycles. The van der Waals surface area contributed by atoms with Crippen LogP contribution in [0, 0.1) is 0 Å². The first-order chi connectivity index (χ1) is 13.0. The molecule has 0 bridgehead atoms. The van der Waals surface area contributed by atoms with Crippen LogP contribution >= 0.6 is 0 Å². The van der Waals surface area contributed by atoms with Crippen molar-refractivity contribution in [2.45, 2.75) is 37.6 Å². The van der Waals surface area contributed by atoms with E-state index in [1.165, 1.54) is 6.92 Å². The monoisotopic (exact) mass is 396 g/mol. The summed E-state index contributed by atoms with van der Waals surface area (Å²) in [5, 5.41) is 31.8. The van der Waals surface area contributed by atoms with Crippen LogP contribution in [0.25, 0.3) is 0 Å². The molecule has 0 saturated carbocycles. The summed E-state index contributed by atoms with van der Waals surface area (Å²) in [4.78, 5) is 11.3. The highest BCUT2D eigenvalue weighted by molar-refractivity contribution is 5.73. The van der Waals surface area contributed by atoms with Crippen LogP contribution in [0.5, 0.6) is 0 Å². The Hall–Kier alpha value is -0.890. The Kier molecular flexibility index (Phi) is 12.7. The van der Waals surface area contributed by atoms with Gasteiger partial charge >= 0.3 is 0 Å². The van der Waals surface area contributed by atoms with Gasteiger partial charge in [-0.05, 0) is 0 Å². The number of carbonyl (C=O) groups excluding carboxylic acids is 1. The Labute approximate surface area is 158 Å². The van der Waals surface area contributed by atoms with Crippen LogP contribution < -0.4 is 11.1 Å². The van der Waals surface area contributed by atoms with Crippen molar-refractivity contribution >= 4 is 5.91 Å². The number of aliphatic hydroxyl groups is 3. The molecule has 11 nitrogen and oxygen atoms in total. The molecule has 1 rings (SSSR count). The average molecular weight is 396 g/mol. The number of hydrogen-bond donors (Lipinski definition) is 5. The predicted octanol–water partition coefficient (Wildman–Crippen LogP) is -3.04. The number of ether oxygens (including phenoxy) is 5. The van der Waals surface area contributed by atoms with E-state index in [1.807, 2.05) is 0 Å². The first-order valence-corrected chi connectivity index (χ1v) is 8.95. The van der Waals surface area contributed by atoms with E-state index in [1.54, 1.807) is 0 Å². The van der Waals surface area contributed by atoms with E-state index in [-0.39, 0.29) is 13.2 Å². The fourth-order valence-corrected chi connectivity index (χ4v) is 2.46. The molecule has 1 saturated heterocycles. The molecule has 0 aromatic rings. The van der Waals surface area contributed by atoms with Crippen molar-refractivity contribution < 1.29 is 43.8 Å². The molecule has 0 spiro atoms. The van der Waals surface area contributed by atoms with Crippen LogP contribution in [0.3, 0.4) is 0 Å². The minimum atomic E-state index is -1.34. The lowest BCUT2D eigenvalue weighted by Crippen LogP contribution is -2.64. The highest BCUT2D eigenvalue weighted by Crippen LogP contribution is 2.22. The summed E-state index contributed by atoms with van der Waals surface area (Å²) in [7, 11) is 0. The zero-order valence-corrected chi connectivity index (χ0v) is 15.6. The smallest absolute Gasteiger partial charge is 0.217 e. The van der Waals surface area contributed by atoms with Crippen molar-refractivity contribution in [2.75, 3.05) is 59.4 Å². The Balaban J connectivity index is 2.23. The first-order valence-electron chi connectivity index (χ1n) is 8.95. The van der Waals surface area contributed by atoms with Crippen LogP contribution in [0.1, 0.15) is 6.92 Å². The second kappa shape index (κ2) is 14.2. The highest BCUT2D eigenvalue weighted by atomic mass is 16.7. The van der Waals surface area contributed by atoms with Crippen LogP contribution in [0.4, 0.5) is 0 Å². The van der Waals surface area contributed by atoms with E-state index in [0.29, 0.717) is 39.6 Å². The van der Waals surface area contributed by atoms with Crippen LogP contribution in [-0.2, 0) is 28.5 Å². The predicted molar refractivity (Wildman–Crippen MR) is 92.8 cm³/mol. The summed E-state index contributed by atoms with van der Waals surface area (Å²) in [6, 6.07) is -0.961. The van der Waals surface area contributed by atoms with Crippen molar-refractivity contribution in [1.29, 1.82) is 0 Å². The SMILES string of the molecule is CC(=O)N[C@H]1[C@H](OCCOCCOCCOCCN)O[C@H](CO)[C@H](O)[C@@H]1O. The number of nitrogens with two attached hydrogens (primary N) is 1. The van der Waals surface area contributed by atoms with Gasteiger partial charge in [0, 0.05) is 13.5 Å². The summed E-state index contributed by atoms with van der Waals surface area (Å²) in [6.07, 6.45) is -4.70. The number of rotatable bonds is 14. The molecule has 5 atom stereocenters. The van der Waals surface area contributed by atoms with Crippen LogP contribution in [0.15, 0.2) is 0 Å². The lowest BCUT2D eigenvalue weighted by molar-refractivity contribution is -0.272. The van der Waals surface area contributed by atoms with E-state index >= 15 is 0 Å². The topological polar surface area (TPSA) is 162 Å². The maximum absolute atomic E-state index is 11.3. The van der Waals surface area contributed by atoms with Crippen LogP contribution in [-0.4, -0.2) is 111 Å². The van der Waals surface area contributed by atoms with Crippen LogP contribution in [0.2, 0.25) is 0 Å². The molecule has 160 valence electrons. The van der Waals surface area contributed by atoms with Crippen molar-refractivity contribution in [2.24, 2.45) is 5.73 Å². The molecular formula is C16H32N2O9. The molecule has 0 unspecified atom stereocenters. The van der Waals surface area contributed by atoms with E-state index in [9.17, 15) is 20.1 Å². The Bertz CT molecular complexity index is 402. The van der Waals surface area contributed by atoms with Crippen molar-refractivity contribution in [3.05, 3.63) is 0 Å². The number of amides is 1. The van der Waals surface area contributed by atoms with E-state index < -0.39 is 43.2 Å². The maximum Gasteiger partial charge on any atom is 0.217 e. The fraction of sp³-hybridized carbons (Fsp3) is 0.938. The third-order valence-electron chi connectivity index (χ3n) is 3.77. The van der Waals surface area contributed by atoms with Crippen molar-refractivity contribution in [1.82, 2.24) is 5.32 Å². The highest BCUT2D eigenvalue weighted by Gasteiger charge is 2.45. The summed E-state index contributed by atoms with van der Waals surface area (Å²) in [5.74, 6) is -0.408. The van der Waals surface area contributed by atoms with Gasteiger partial charge < -0.3 is 50.1 Å². The minimum Gasteiger partial charge on any atom is -0.394 e. The summed E-state index contributed by atoms with van der Waals surface area (Å²) in [5.41, 5.74) is 5.29. The molecular weight excluding hydrogens is 364 g/mol. The molecule has 27 heavy (non-hydrogen) atoms. The van der Waals surface area contributed by atoms with Crippen molar-refractivity contribution in [3.8, 4) is 0 Å². The quantitative estimate of drug-likeness (QED) is 0.191. The lowest BCUT2D eigenvalue weighted by Gasteiger charge is -2.42. The van der Waals surface area contributed by atoms with Gasteiger partial charge in [-0.25, -0.2) is 0 Å². The molecule has 1 fully saturated rings. The van der Waals surface area contributed by atoms with Gasteiger partial charge in [-0.2, -0.15) is 0 Å². The second-order valence-electron chi connectivity index (χ2n) is 5.93. The molecule has 11 heteroatoms. The average Bonchev–Trinajstić information content (AvgIpc) is 2.64. The Morgan fingerprint density at radius 3 is 2.07 bits per heavy atom. The molecule has 0 aromatic heterocycles. The second-order valence-corrected chi connectivity index (χ2v) is 5.93. The number of aliphatic hydroxyl groups excluding tert-OH is 3. The fourth-order valence-electron chi connectivity index (χ4n) is 2.46. The third kappa shape index (κ3) is 9.23. The number of nitrogens with one attached hydrogen (secondary N) is 1. The Morgan fingerprint density at radius 1 is 1.00 bits per heavy atom. The minimum absolute atomic E-state index is 0.126. The lowest BCUT2D eigenvalue weighted by atomic mass is 9.97. The molecule has 1 aliphatic heterocycles. The van der Waals surface area contributed by atoms with E-state index in [2.05, 4.69) is 5.32 Å². The van der Waals surface area contributed by atoms with Crippen molar-refractivity contribution in [3.63, 3.8) is 0 Å². The Morgan fingerprint density at radius 2 is 1.56 bits per heavy atom. The maximum atomic E-state index is 11.3. The third-order valence-corrected chi connectivity index (χ3v) is 3.77. The molecule has 1 heterocycles. The van der Waals surface area contributed by atoms with Gasteiger partial charge in [0.1, 0.15) is 24.4 Å². The van der Waals surface area contributed by atoms with Gasteiger partial charge in [0.2, 0.25) is 5.91 Å². The normalized spacial score (nSPS) is 28.3. The van der Waals surface area contributed by atoms with Gasteiger partial charge in [-0.3, -0.25) is 4.79 Å². The van der Waals surface area contributed by atoms with Gasteiger partial charge in [0.05, 0.1) is 52.9 Å². The zero-order chi connectivity index (χ0) is 20.1. The van der Waals surface area contributed by atoms with Gasteiger partial charge in [-0.15, -0.1) is 0 Å². The molecule has 6 N–H and O–H groups in total. The molecule has 0 radical (unpaired) electrons. The molecule has 0 aliphatic carbocycles. The first kappa shape index (κ1) is 24.1. The number of hydrogen-bond acceptors (Lipinski definition) is 10. The standard InChI is InChI=1S/C16H32N2O9/c1-11(20)18-13-15(22)14(21)12(10-19)27-16(13)26-9-8-25-7-6-24-5-4-23-3-2-17/h12-16,19,21-22H,2-10,17H2,1H3,(H,18,20)/t12-,13-,14+,15-,16-/m1/s1. The number of carbonyl (C=O) groups is 1. The molecule has 1 aliphatic rings. The summed E-state index contributed by atoms with van der Waals surface area (Å²) >= 11 is 0.